The fraction of sp³-hybridized carbons (Fsp3) is 0.480. The highest BCUT2D eigenvalue weighted by Gasteiger charge is 2.18. The molecule has 0 fully saturated rings. The molecule has 3 aromatic heterocycles. The van der Waals surface area contributed by atoms with Crippen molar-refractivity contribution in [1.29, 1.82) is 0 Å². The lowest BCUT2D eigenvalue weighted by Crippen LogP contribution is -2.22. The molecule has 0 bridgehead atoms. The number of hydrogen-bond donors (Lipinski definition) is 0. The predicted molar refractivity (Wildman–Crippen MR) is 126 cm³/mol. The smallest absolute Gasteiger partial charge is 0.343 e. The van der Waals surface area contributed by atoms with E-state index in [1.165, 1.54) is 6.20 Å². The molecule has 170 valence electrons. The molecule has 3 rings (SSSR count). The van der Waals surface area contributed by atoms with E-state index in [4.69, 9.17) is 4.74 Å². The first kappa shape index (κ1) is 23.6. The lowest BCUT2D eigenvalue weighted by Gasteiger charge is -2.13. The highest BCUT2D eigenvalue weighted by Crippen LogP contribution is 2.18. The number of carbonyl (C=O) groups is 1. The van der Waals surface area contributed by atoms with Crippen LogP contribution in [0, 0.1) is 0 Å². The van der Waals surface area contributed by atoms with Gasteiger partial charge in [-0.3, -0.25) is 9.78 Å². The van der Waals surface area contributed by atoms with E-state index in [1.807, 2.05) is 16.7 Å². The molecule has 0 saturated carbocycles. The Bertz CT molecular complexity index is 1080. The zero-order valence-electron chi connectivity index (χ0n) is 19.0. The molecule has 0 atom stereocenters. The Kier molecular flexibility index (Phi) is 8.90. The number of unbranched alkanes of at least 4 members (excludes halogenated alkanes) is 6. The van der Waals surface area contributed by atoms with E-state index in [0.29, 0.717) is 30.0 Å². The number of aryl methyl sites for hydroxylation is 1. The zero-order chi connectivity index (χ0) is 22.8. The third kappa shape index (κ3) is 5.99. The first-order chi connectivity index (χ1) is 15.7. The maximum Gasteiger partial charge on any atom is 0.343 e. The van der Waals surface area contributed by atoms with Crippen molar-refractivity contribution in [3.63, 3.8) is 0 Å². The number of aromatic nitrogens is 4. The normalized spacial score (nSPS) is 11.1. The van der Waals surface area contributed by atoms with Crippen LogP contribution in [0.2, 0.25) is 0 Å². The van der Waals surface area contributed by atoms with Crippen LogP contribution >= 0.6 is 0 Å². The van der Waals surface area contributed by atoms with Crippen LogP contribution in [0.1, 0.15) is 75.6 Å². The van der Waals surface area contributed by atoms with Gasteiger partial charge >= 0.3 is 5.97 Å². The lowest BCUT2D eigenvalue weighted by atomic mass is 10.1. The second-order valence-corrected chi connectivity index (χ2v) is 7.99. The van der Waals surface area contributed by atoms with Gasteiger partial charge in [-0.1, -0.05) is 52.4 Å². The number of esters is 1. The van der Waals surface area contributed by atoms with Crippen molar-refractivity contribution in [2.75, 3.05) is 6.61 Å². The first-order valence-electron chi connectivity index (χ1n) is 11.6. The zero-order valence-corrected chi connectivity index (χ0v) is 19.0. The number of fused-ring (bicyclic) bond motifs is 1. The van der Waals surface area contributed by atoms with Gasteiger partial charge in [-0.15, -0.1) is 0 Å². The summed E-state index contributed by atoms with van der Waals surface area (Å²) in [5.41, 5.74) is 1.02. The van der Waals surface area contributed by atoms with Crippen molar-refractivity contribution in [3.05, 3.63) is 52.7 Å². The van der Waals surface area contributed by atoms with Gasteiger partial charge in [0.15, 0.2) is 5.82 Å². The summed E-state index contributed by atoms with van der Waals surface area (Å²) < 4.78 is 7.29. The van der Waals surface area contributed by atoms with Crippen LogP contribution in [-0.2, 0) is 11.3 Å². The Morgan fingerprint density at radius 3 is 2.44 bits per heavy atom. The summed E-state index contributed by atoms with van der Waals surface area (Å²) in [5, 5.41) is 0.332. The Morgan fingerprint density at radius 1 is 1.00 bits per heavy atom. The third-order valence-electron chi connectivity index (χ3n) is 5.46. The van der Waals surface area contributed by atoms with Crippen LogP contribution in [0.15, 0.2) is 41.7 Å². The fourth-order valence-electron chi connectivity index (χ4n) is 3.61. The highest BCUT2D eigenvalue weighted by molar-refractivity contribution is 5.93. The van der Waals surface area contributed by atoms with E-state index in [-0.39, 0.29) is 11.0 Å². The van der Waals surface area contributed by atoms with Crippen LogP contribution in [0.4, 0.5) is 0 Å². The van der Waals surface area contributed by atoms with Crippen LogP contribution in [0.3, 0.4) is 0 Å². The number of rotatable bonds is 12. The van der Waals surface area contributed by atoms with Crippen LogP contribution < -0.4 is 5.43 Å². The standard InChI is InChI=1S/C25H32N4O3/c1-3-5-7-9-15-29-18-21(25(31)32-16-10-8-6-4-2)22(30)20-17-27-23(28-24(20)29)19-11-13-26-14-12-19/h11-14,17-18H,3-10,15-16H2,1-2H3. The maximum absolute atomic E-state index is 13.1. The largest absolute Gasteiger partial charge is 0.462 e. The number of ether oxygens (including phenoxy) is 1. The van der Waals surface area contributed by atoms with Crippen LogP contribution in [0.5, 0.6) is 0 Å². The second-order valence-electron chi connectivity index (χ2n) is 7.99. The van der Waals surface area contributed by atoms with Crippen LogP contribution in [0.25, 0.3) is 22.4 Å². The van der Waals surface area contributed by atoms with E-state index < -0.39 is 5.97 Å². The van der Waals surface area contributed by atoms with Gasteiger partial charge in [0.1, 0.15) is 11.2 Å². The molecule has 0 amide bonds. The fourth-order valence-corrected chi connectivity index (χ4v) is 3.61. The molecule has 0 spiro atoms. The SMILES string of the molecule is CCCCCCOC(=O)c1cn(CCCCCC)c2nc(-c3ccncc3)ncc2c1=O. The minimum absolute atomic E-state index is 0.0451. The molecule has 0 aliphatic heterocycles. The molecule has 7 nitrogen and oxygen atoms in total. The first-order valence-corrected chi connectivity index (χ1v) is 11.6. The van der Waals surface area contributed by atoms with Crippen molar-refractivity contribution >= 4 is 17.0 Å². The molecule has 0 unspecified atom stereocenters. The van der Waals surface area contributed by atoms with E-state index >= 15 is 0 Å². The molecular weight excluding hydrogens is 404 g/mol. The summed E-state index contributed by atoms with van der Waals surface area (Å²) in [4.78, 5) is 38.8. The number of nitrogens with zero attached hydrogens (tertiary/aromatic N) is 4. The van der Waals surface area contributed by atoms with Gasteiger partial charge in [0, 0.05) is 36.9 Å². The molecule has 0 aliphatic carbocycles. The molecule has 3 aromatic rings. The summed E-state index contributed by atoms with van der Waals surface area (Å²) in [6.45, 7) is 5.29. The molecule has 0 N–H and O–H groups in total. The molecule has 0 radical (unpaired) electrons. The monoisotopic (exact) mass is 436 g/mol. The van der Waals surface area contributed by atoms with E-state index in [1.54, 1.807) is 18.6 Å². The Hall–Kier alpha value is -3.09. The van der Waals surface area contributed by atoms with Crippen molar-refractivity contribution in [2.45, 2.75) is 71.8 Å². The summed E-state index contributed by atoms with van der Waals surface area (Å²) >= 11 is 0. The summed E-state index contributed by atoms with van der Waals surface area (Å²) in [5.74, 6) is -0.0539. The van der Waals surface area contributed by atoms with Gasteiger partial charge in [-0.2, -0.15) is 0 Å². The molecule has 0 saturated heterocycles. The van der Waals surface area contributed by atoms with Crippen molar-refractivity contribution in [1.82, 2.24) is 19.5 Å². The second kappa shape index (κ2) is 12.1. The summed E-state index contributed by atoms with van der Waals surface area (Å²) in [7, 11) is 0. The average molecular weight is 437 g/mol. The quantitative estimate of drug-likeness (QED) is 0.287. The summed E-state index contributed by atoms with van der Waals surface area (Å²) in [6, 6.07) is 3.66. The topological polar surface area (TPSA) is 87.0 Å². The number of carbonyl (C=O) groups excluding carboxylic acids is 1. The Labute approximate surface area is 188 Å². The van der Waals surface area contributed by atoms with E-state index in [9.17, 15) is 9.59 Å². The van der Waals surface area contributed by atoms with Crippen LogP contribution in [-0.4, -0.2) is 32.1 Å². The van der Waals surface area contributed by atoms with Gasteiger partial charge in [-0.25, -0.2) is 14.8 Å². The molecule has 7 heteroatoms. The van der Waals surface area contributed by atoms with E-state index in [2.05, 4.69) is 28.8 Å². The maximum atomic E-state index is 13.1. The lowest BCUT2D eigenvalue weighted by molar-refractivity contribution is 0.0495. The predicted octanol–water partition coefficient (Wildman–Crippen LogP) is 5.17. The van der Waals surface area contributed by atoms with Crippen molar-refractivity contribution in [3.8, 4) is 11.4 Å². The highest BCUT2D eigenvalue weighted by atomic mass is 16.5. The average Bonchev–Trinajstić information content (AvgIpc) is 2.83. The summed E-state index contributed by atoms with van der Waals surface area (Å²) in [6.07, 6.45) is 14.8. The Balaban J connectivity index is 1.94. The van der Waals surface area contributed by atoms with Crippen molar-refractivity contribution in [2.24, 2.45) is 0 Å². The molecule has 32 heavy (non-hydrogen) atoms. The van der Waals surface area contributed by atoms with Gasteiger partial charge in [-0.05, 0) is 25.0 Å². The van der Waals surface area contributed by atoms with Crippen molar-refractivity contribution < 1.29 is 9.53 Å². The molecule has 0 aromatic carbocycles. The molecular formula is C25H32N4O3. The molecule has 3 heterocycles. The minimum atomic E-state index is -0.575. The number of hydrogen-bond acceptors (Lipinski definition) is 6. The third-order valence-corrected chi connectivity index (χ3v) is 5.46. The van der Waals surface area contributed by atoms with Gasteiger partial charge in [0.2, 0.25) is 5.43 Å². The number of pyridine rings is 2. The minimum Gasteiger partial charge on any atom is -0.462 e. The molecule has 0 aliphatic rings. The van der Waals surface area contributed by atoms with E-state index in [0.717, 1.165) is 56.9 Å². The van der Waals surface area contributed by atoms with Gasteiger partial charge in [0.25, 0.3) is 0 Å². The van der Waals surface area contributed by atoms with Gasteiger partial charge in [0.05, 0.1) is 12.0 Å². The Morgan fingerprint density at radius 2 is 1.72 bits per heavy atom. The van der Waals surface area contributed by atoms with Gasteiger partial charge < -0.3 is 9.30 Å².